The number of methoxy groups -OCH3 is 1. The number of amides is 1. The molecule has 0 radical (unpaired) electrons. The fourth-order valence-corrected chi connectivity index (χ4v) is 1.86. The quantitative estimate of drug-likeness (QED) is 0.723. The van der Waals surface area contributed by atoms with Crippen LogP contribution in [-0.2, 0) is 4.79 Å². The highest BCUT2D eigenvalue weighted by molar-refractivity contribution is 5.80. The molecule has 1 aromatic rings. The molecule has 0 aliphatic carbocycles. The Kier molecular flexibility index (Phi) is 7.02. The van der Waals surface area contributed by atoms with Gasteiger partial charge in [-0.05, 0) is 32.4 Å². The lowest BCUT2D eigenvalue weighted by molar-refractivity contribution is -0.127. The molecule has 1 rings (SSSR count). The molecule has 0 aliphatic rings. The van der Waals surface area contributed by atoms with Crippen LogP contribution in [0.3, 0.4) is 0 Å². The first-order valence-corrected chi connectivity index (χ1v) is 7.30. The molecule has 21 heavy (non-hydrogen) atoms. The van der Waals surface area contributed by atoms with Crippen molar-refractivity contribution < 1.29 is 19.4 Å². The van der Waals surface area contributed by atoms with Crippen LogP contribution >= 0.6 is 0 Å². The predicted molar refractivity (Wildman–Crippen MR) is 81.6 cm³/mol. The largest absolute Gasteiger partial charge is 0.497 e. The fraction of sp³-hybridized carbons (Fsp3) is 0.562. The number of aliphatic hydroxyl groups is 1. The molecule has 0 spiro atoms. The van der Waals surface area contributed by atoms with Gasteiger partial charge in [-0.1, -0.05) is 13.3 Å². The van der Waals surface area contributed by atoms with Crippen molar-refractivity contribution in [2.45, 2.75) is 45.8 Å². The Labute approximate surface area is 126 Å². The molecule has 0 fully saturated rings. The van der Waals surface area contributed by atoms with Crippen molar-refractivity contribution in [3.05, 3.63) is 23.8 Å². The van der Waals surface area contributed by atoms with Crippen LogP contribution in [0.4, 0.5) is 0 Å². The van der Waals surface area contributed by atoms with E-state index in [4.69, 9.17) is 9.47 Å². The topological polar surface area (TPSA) is 67.8 Å². The van der Waals surface area contributed by atoms with Crippen molar-refractivity contribution in [1.29, 1.82) is 0 Å². The van der Waals surface area contributed by atoms with E-state index in [1.54, 1.807) is 39.2 Å². The Morgan fingerprint density at radius 1 is 1.38 bits per heavy atom. The zero-order valence-corrected chi connectivity index (χ0v) is 13.2. The summed E-state index contributed by atoms with van der Waals surface area (Å²) < 4.78 is 10.8. The van der Waals surface area contributed by atoms with E-state index in [0.717, 1.165) is 12.8 Å². The number of unbranched alkanes of at least 4 members (excludes halogenated alkanes) is 1. The van der Waals surface area contributed by atoms with Crippen molar-refractivity contribution in [3.63, 3.8) is 0 Å². The third kappa shape index (κ3) is 5.27. The second kappa shape index (κ2) is 8.52. The Hall–Kier alpha value is -1.75. The van der Waals surface area contributed by atoms with Gasteiger partial charge in [-0.25, -0.2) is 0 Å². The zero-order valence-electron chi connectivity index (χ0n) is 13.2. The third-order valence-corrected chi connectivity index (χ3v) is 3.17. The number of rotatable bonds is 8. The Morgan fingerprint density at radius 3 is 2.67 bits per heavy atom. The third-order valence-electron chi connectivity index (χ3n) is 3.17. The predicted octanol–water partition coefficient (Wildman–Crippen LogP) is 2.43. The smallest absolute Gasteiger partial charge is 0.260 e. The van der Waals surface area contributed by atoms with Crippen molar-refractivity contribution >= 4 is 5.91 Å². The number of nitrogens with one attached hydrogen (secondary N) is 1. The minimum atomic E-state index is -0.679. The molecular formula is C16H25NO4. The molecule has 118 valence electrons. The fourth-order valence-electron chi connectivity index (χ4n) is 1.86. The second-order valence-electron chi connectivity index (χ2n) is 4.98. The summed E-state index contributed by atoms with van der Waals surface area (Å²) in [4.78, 5) is 11.9. The highest BCUT2D eigenvalue weighted by Crippen LogP contribution is 2.30. The van der Waals surface area contributed by atoms with Crippen molar-refractivity contribution in [1.82, 2.24) is 5.32 Å². The van der Waals surface area contributed by atoms with Gasteiger partial charge in [0, 0.05) is 18.2 Å². The van der Waals surface area contributed by atoms with Gasteiger partial charge in [-0.3, -0.25) is 4.79 Å². The van der Waals surface area contributed by atoms with E-state index in [2.05, 4.69) is 12.2 Å². The van der Waals surface area contributed by atoms with Gasteiger partial charge in [0.1, 0.15) is 11.5 Å². The van der Waals surface area contributed by atoms with Gasteiger partial charge in [0.25, 0.3) is 5.91 Å². The summed E-state index contributed by atoms with van der Waals surface area (Å²) in [5, 5.41) is 12.6. The van der Waals surface area contributed by atoms with E-state index in [9.17, 15) is 9.90 Å². The van der Waals surface area contributed by atoms with E-state index in [1.807, 2.05) is 0 Å². The molecule has 2 atom stereocenters. The number of hydrogen-bond donors (Lipinski definition) is 2. The van der Waals surface area contributed by atoms with Crippen molar-refractivity contribution in [2.75, 3.05) is 13.7 Å². The number of ether oxygens (including phenoxy) is 2. The molecule has 0 heterocycles. The molecule has 0 bridgehead atoms. The van der Waals surface area contributed by atoms with E-state index in [0.29, 0.717) is 23.6 Å². The Morgan fingerprint density at radius 2 is 2.10 bits per heavy atom. The summed E-state index contributed by atoms with van der Waals surface area (Å²) in [7, 11) is 1.56. The van der Waals surface area contributed by atoms with Crippen LogP contribution in [0.15, 0.2) is 18.2 Å². The second-order valence-corrected chi connectivity index (χ2v) is 4.98. The van der Waals surface area contributed by atoms with Gasteiger partial charge in [0.15, 0.2) is 6.10 Å². The van der Waals surface area contributed by atoms with Crippen molar-refractivity contribution in [2.24, 2.45) is 0 Å². The molecule has 1 amide bonds. The molecule has 0 saturated carbocycles. The molecule has 2 N–H and O–H groups in total. The van der Waals surface area contributed by atoms with Gasteiger partial charge in [0.2, 0.25) is 0 Å². The summed E-state index contributed by atoms with van der Waals surface area (Å²) in [5.41, 5.74) is 0.629. The lowest BCUT2D eigenvalue weighted by Gasteiger charge is -2.19. The van der Waals surface area contributed by atoms with Crippen LogP contribution in [0.2, 0.25) is 0 Å². The number of hydrogen-bond acceptors (Lipinski definition) is 4. The first-order valence-electron chi connectivity index (χ1n) is 7.30. The minimum absolute atomic E-state index is 0.164. The van der Waals surface area contributed by atoms with Crippen LogP contribution in [0.25, 0.3) is 0 Å². The van der Waals surface area contributed by atoms with Gasteiger partial charge in [0.05, 0.1) is 13.2 Å². The summed E-state index contributed by atoms with van der Waals surface area (Å²) >= 11 is 0. The molecule has 1 aromatic carbocycles. The summed E-state index contributed by atoms with van der Waals surface area (Å²) in [6.07, 6.45) is 0.654. The lowest BCUT2D eigenvalue weighted by Crippen LogP contribution is -2.37. The summed E-state index contributed by atoms with van der Waals surface area (Å²) in [6, 6.07) is 5.17. The van der Waals surface area contributed by atoms with Crippen LogP contribution in [0.5, 0.6) is 11.5 Å². The monoisotopic (exact) mass is 295 g/mol. The van der Waals surface area contributed by atoms with E-state index < -0.39 is 12.2 Å². The van der Waals surface area contributed by atoms with E-state index >= 15 is 0 Å². The molecule has 5 heteroatoms. The highest BCUT2D eigenvalue weighted by Gasteiger charge is 2.18. The average molecular weight is 295 g/mol. The number of benzene rings is 1. The molecule has 0 aliphatic heterocycles. The van der Waals surface area contributed by atoms with Crippen LogP contribution in [0.1, 0.15) is 45.3 Å². The first-order chi connectivity index (χ1) is 9.99. The van der Waals surface area contributed by atoms with Crippen molar-refractivity contribution in [3.8, 4) is 11.5 Å². The van der Waals surface area contributed by atoms with Crippen LogP contribution < -0.4 is 14.8 Å². The molecule has 5 nitrogen and oxygen atoms in total. The SMILES string of the molecule is CCCCNC(=O)C(C)Oc1cc(OC)ccc1[C@@H](C)O. The average Bonchev–Trinajstić information content (AvgIpc) is 2.46. The Balaban J connectivity index is 2.77. The standard InChI is InChI=1S/C16H25NO4/c1-5-6-9-17-16(19)12(3)21-15-10-13(20-4)7-8-14(15)11(2)18/h7-8,10-12,18H,5-6,9H2,1-4H3,(H,17,19)/t11-,12?/m1/s1. The van der Waals surface area contributed by atoms with Gasteiger partial charge in [-0.2, -0.15) is 0 Å². The van der Waals surface area contributed by atoms with E-state index in [1.165, 1.54) is 0 Å². The molecule has 0 aromatic heterocycles. The number of carbonyl (C=O) groups is 1. The first kappa shape index (κ1) is 17.3. The number of aliphatic hydroxyl groups excluding tert-OH is 1. The zero-order chi connectivity index (χ0) is 15.8. The van der Waals surface area contributed by atoms with Crippen LogP contribution in [0, 0.1) is 0 Å². The molecule has 0 saturated heterocycles. The maximum absolute atomic E-state index is 11.9. The minimum Gasteiger partial charge on any atom is -0.497 e. The van der Waals surface area contributed by atoms with Gasteiger partial charge < -0.3 is 19.9 Å². The van der Waals surface area contributed by atoms with Crippen LogP contribution in [-0.4, -0.2) is 30.8 Å². The number of carbonyl (C=O) groups excluding carboxylic acids is 1. The van der Waals surface area contributed by atoms with E-state index in [-0.39, 0.29) is 5.91 Å². The van der Waals surface area contributed by atoms with Gasteiger partial charge in [-0.15, -0.1) is 0 Å². The molecular weight excluding hydrogens is 270 g/mol. The lowest BCUT2D eigenvalue weighted by atomic mass is 10.1. The summed E-state index contributed by atoms with van der Waals surface area (Å²) in [6.45, 7) is 6.05. The summed E-state index contributed by atoms with van der Waals surface area (Å²) in [5.74, 6) is 0.915. The maximum atomic E-state index is 11.9. The van der Waals surface area contributed by atoms with Gasteiger partial charge >= 0.3 is 0 Å². The maximum Gasteiger partial charge on any atom is 0.260 e. The normalized spacial score (nSPS) is 13.4. The Bertz CT molecular complexity index is 460. The molecule has 1 unspecified atom stereocenters. The highest BCUT2D eigenvalue weighted by atomic mass is 16.5.